The second kappa shape index (κ2) is 7.46. The van der Waals surface area contributed by atoms with Gasteiger partial charge in [-0.2, -0.15) is 0 Å². The van der Waals surface area contributed by atoms with E-state index in [1.54, 1.807) is 25.1 Å². The fourth-order valence-electron chi connectivity index (χ4n) is 4.54. The van der Waals surface area contributed by atoms with E-state index >= 15 is 0 Å². The number of aryl methyl sites for hydroxylation is 1. The summed E-state index contributed by atoms with van der Waals surface area (Å²) in [6, 6.07) is 9.01. The number of ether oxygens (including phenoxy) is 1. The molecular weight excluding hydrogens is 352 g/mol. The predicted molar refractivity (Wildman–Crippen MR) is 111 cm³/mol. The highest BCUT2D eigenvalue weighted by molar-refractivity contribution is 6.04. The molecule has 0 radical (unpaired) electrons. The number of nitrogens with zero attached hydrogens (tertiary/aromatic N) is 1. The highest BCUT2D eigenvalue weighted by Gasteiger charge is 2.39. The minimum Gasteiger partial charge on any atom is -0.505 e. The fourth-order valence-corrected chi connectivity index (χ4v) is 4.54. The van der Waals surface area contributed by atoms with Crippen LogP contribution >= 0.6 is 0 Å². The smallest absolute Gasteiger partial charge is 0.278 e. The van der Waals surface area contributed by atoms with Crippen LogP contribution in [0.3, 0.4) is 0 Å². The molecule has 1 aromatic carbocycles. The van der Waals surface area contributed by atoms with E-state index in [9.17, 15) is 9.90 Å². The molecule has 1 amide bonds. The molecule has 1 saturated carbocycles. The zero-order valence-electron chi connectivity index (χ0n) is 17.4. The average molecular weight is 383 g/mol. The second-order valence-electron chi connectivity index (χ2n) is 9.46. The molecule has 5 nitrogen and oxygen atoms in total. The largest absolute Gasteiger partial charge is 0.505 e. The Balaban J connectivity index is 1.65. The van der Waals surface area contributed by atoms with Gasteiger partial charge in [-0.05, 0) is 72.9 Å². The summed E-state index contributed by atoms with van der Waals surface area (Å²) in [5.41, 5.74) is 1.80. The molecule has 1 fully saturated rings. The third kappa shape index (κ3) is 4.83. The Morgan fingerprint density at radius 3 is 2.32 bits per heavy atom. The molecule has 0 aliphatic heterocycles. The van der Waals surface area contributed by atoms with E-state index in [0.717, 1.165) is 18.6 Å². The Morgan fingerprint density at radius 2 is 1.71 bits per heavy atom. The van der Waals surface area contributed by atoms with Gasteiger partial charge in [-0.25, -0.2) is 4.98 Å². The van der Waals surface area contributed by atoms with E-state index in [0.29, 0.717) is 11.3 Å². The maximum Gasteiger partial charge on any atom is 0.278 e. The highest BCUT2D eigenvalue weighted by atomic mass is 16.5. The number of anilines is 1. The van der Waals surface area contributed by atoms with Gasteiger partial charge in [0.2, 0.25) is 0 Å². The van der Waals surface area contributed by atoms with Crippen LogP contribution in [0.4, 0.5) is 5.69 Å². The summed E-state index contributed by atoms with van der Waals surface area (Å²) in [6.45, 7) is 10.9. The van der Waals surface area contributed by atoms with Crippen molar-refractivity contribution in [1.82, 2.24) is 4.98 Å². The SMILES string of the molecule is Cc1ccnc(C(=O)Nc2ccc(OC3CC(C)(C)CC(C)(C)C3)cc2)c1O. The molecular formula is C23H30N2O3. The molecule has 0 spiro atoms. The average Bonchev–Trinajstić information content (AvgIpc) is 2.56. The molecule has 1 aliphatic carbocycles. The van der Waals surface area contributed by atoms with Crippen LogP contribution < -0.4 is 10.1 Å². The quantitative estimate of drug-likeness (QED) is 0.749. The first-order chi connectivity index (χ1) is 13.0. The Hall–Kier alpha value is -2.56. The Labute approximate surface area is 167 Å². The van der Waals surface area contributed by atoms with Crippen LogP contribution in [0.5, 0.6) is 11.5 Å². The first-order valence-electron chi connectivity index (χ1n) is 9.77. The molecule has 0 unspecified atom stereocenters. The van der Waals surface area contributed by atoms with E-state index in [1.165, 1.54) is 12.6 Å². The monoisotopic (exact) mass is 382 g/mol. The first kappa shape index (κ1) is 20.2. The van der Waals surface area contributed by atoms with Crippen LogP contribution in [-0.4, -0.2) is 22.1 Å². The number of pyridine rings is 1. The van der Waals surface area contributed by atoms with Crippen molar-refractivity contribution in [3.05, 3.63) is 47.8 Å². The van der Waals surface area contributed by atoms with E-state index in [2.05, 4.69) is 38.0 Å². The van der Waals surface area contributed by atoms with Crippen LogP contribution in [-0.2, 0) is 0 Å². The van der Waals surface area contributed by atoms with Crippen molar-refractivity contribution < 1.29 is 14.6 Å². The van der Waals surface area contributed by atoms with Gasteiger partial charge in [-0.1, -0.05) is 27.7 Å². The molecule has 3 rings (SSSR count). The number of amides is 1. The van der Waals surface area contributed by atoms with Crippen molar-refractivity contribution in [2.24, 2.45) is 10.8 Å². The zero-order chi connectivity index (χ0) is 20.5. The lowest BCUT2D eigenvalue weighted by atomic mass is 9.64. The summed E-state index contributed by atoms with van der Waals surface area (Å²) >= 11 is 0. The third-order valence-corrected chi connectivity index (χ3v) is 5.27. The van der Waals surface area contributed by atoms with Gasteiger partial charge in [0.05, 0.1) is 6.10 Å². The standard InChI is InChI=1S/C23H30N2O3/c1-15-10-11-24-19(20(15)26)21(27)25-16-6-8-17(9-7-16)28-18-12-22(2,3)14-23(4,5)13-18/h6-11,18,26H,12-14H2,1-5H3,(H,25,27). The van der Waals surface area contributed by atoms with Crippen LogP contribution in [0.2, 0.25) is 0 Å². The number of hydrogen-bond acceptors (Lipinski definition) is 4. The molecule has 5 heteroatoms. The van der Waals surface area contributed by atoms with E-state index < -0.39 is 5.91 Å². The normalized spacial score (nSPS) is 18.5. The molecule has 1 aromatic heterocycles. The minimum absolute atomic E-state index is 0.0204. The number of nitrogens with one attached hydrogen (secondary N) is 1. The van der Waals surface area contributed by atoms with Gasteiger partial charge in [0.25, 0.3) is 5.91 Å². The molecule has 0 saturated heterocycles. The maximum atomic E-state index is 12.4. The molecule has 1 aliphatic rings. The summed E-state index contributed by atoms with van der Waals surface area (Å²) in [5, 5.41) is 12.8. The number of benzene rings is 1. The lowest BCUT2D eigenvalue weighted by molar-refractivity contribution is 0.0133. The van der Waals surface area contributed by atoms with Gasteiger partial charge >= 0.3 is 0 Å². The van der Waals surface area contributed by atoms with Gasteiger partial charge in [-0.15, -0.1) is 0 Å². The Morgan fingerprint density at radius 1 is 1.11 bits per heavy atom. The van der Waals surface area contributed by atoms with Crippen LogP contribution in [0, 0.1) is 17.8 Å². The number of aromatic nitrogens is 1. The van der Waals surface area contributed by atoms with Crippen molar-refractivity contribution in [2.75, 3.05) is 5.32 Å². The van der Waals surface area contributed by atoms with Gasteiger partial charge < -0.3 is 15.2 Å². The number of carbonyl (C=O) groups excluding carboxylic acids is 1. The Kier molecular flexibility index (Phi) is 5.37. The number of aromatic hydroxyl groups is 1. The summed E-state index contributed by atoms with van der Waals surface area (Å²) in [6.07, 6.45) is 4.96. The van der Waals surface area contributed by atoms with Crippen molar-refractivity contribution in [2.45, 2.75) is 60.0 Å². The van der Waals surface area contributed by atoms with Crippen molar-refractivity contribution in [1.29, 1.82) is 0 Å². The minimum atomic E-state index is -0.439. The summed E-state index contributed by atoms with van der Waals surface area (Å²) in [4.78, 5) is 16.3. The summed E-state index contributed by atoms with van der Waals surface area (Å²) < 4.78 is 6.24. The zero-order valence-corrected chi connectivity index (χ0v) is 17.4. The predicted octanol–water partition coefficient (Wildman–Crippen LogP) is 5.33. The van der Waals surface area contributed by atoms with E-state index in [1.807, 2.05) is 12.1 Å². The lowest BCUT2D eigenvalue weighted by Gasteiger charge is -2.44. The second-order valence-corrected chi connectivity index (χ2v) is 9.46. The van der Waals surface area contributed by atoms with E-state index in [-0.39, 0.29) is 28.4 Å². The molecule has 0 bridgehead atoms. The number of carbonyl (C=O) groups is 1. The molecule has 1 heterocycles. The summed E-state index contributed by atoms with van der Waals surface area (Å²) in [7, 11) is 0. The van der Waals surface area contributed by atoms with Crippen LogP contribution in [0.1, 0.15) is 63.0 Å². The van der Waals surface area contributed by atoms with Crippen molar-refractivity contribution in [3.8, 4) is 11.5 Å². The topological polar surface area (TPSA) is 71.5 Å². The number of rotatable bonds is 4. The summed E-state index contributed by atoms with van der Waals surface area (Å²) in [5.74, 6) is 0.265. The molecule has 2 N–H and O–H groups in total. The van der Waals surface area contributed by atoms with Gasteiger partial charge in [-0.3, -0.25) is 4.79 Å². The Bertz CT molecular complexity index is 841. The van der Waals surface area contributed by atoms with Crippen molar-refractivity contribution in [3.63, 3.8) is 0 Å². The molecule has 0 atom stereocenters. The van der Waals surface area contributed by atoms with Crippen LogP contribution in [0.25, 0.3) is 0 Å². The lowest BCUT2D eigenvalue weighted by Crippen LogP contribution is -2.39. The van der Waals surface area contributed by atoms with Gasteiger partial charge in [0.1, 0.15) is 11.5 Å². The van der Waals surface area contributed by atoms with E-state index in [4.69, 9.17) is 4.74 Å². The number of hydrogen-bond donors (Lipinski definition) is 2. The molecule has 28 heavy (non-hydrogen) atoms. The highest BCUT2D eigenvalue weighted by Crippen LogP contribution is 2.46. The maximum absolute atomic E-state index is 12.4. The molecule has 150 valence electrons. The van der Waals surface area contributed by atoms with Crippen molar-refractivity contribution >= 4 is 11.6 Å². The van der Waals surface area contributed by atoms with Gasteiger partial charge in [0.15, 0.2) is 5.69 Å². The fraction of sp³-hybridized carbons (Fsp3) is 0.478. The third-order valence-electron chi connectivity index (χ3n) is 5.27. The van der Waals surface area contributed by atoms with Gasteiger partial charge in [0, 0.05) is 11.9 Å². The first-order valence-corrected chi connectivity index (χ1v) is 9.77. The molecule has 2 aromatic rings. The van der Waals surface area contributed by atoms with Crippen LogP contribution in [0.15, 0.2) is 36.5 Å².